The molecule has 6 rings (SSSR count). The van der Waals surface area contributed by atoms with Crippen LogP contribution in [0.15, 0.2) is 83.9 Å². The van der Waals surface area contributed by atoms with Gasteiger partial charge in [0.15, 0.2) is 0 Å². The number of halogens is 1. The number of methoxy groups -OCH3 is 1. The van der Waals surface area contributed by atoms with Crippen molar-refractivity contribution < 1.29 is 24.2 Å². The first kappa shape index (κ1) is 40.3. The SMILES string of the molecule is COc1cc(Cl)nc2cc(C(=O)NCCCC(Cc3ccccc3)C(=O)N3CCC(O)(Cn4cnc5cc(NC(=O)CCN(C)C)ccc5c4=O)CC3)ccc12. The first-order valence-corrected chi connectivity index (χ1v) is 19.2. The smallest absolute Gasteiger partial charge is 0.261 e. The van der Waals surface area contributed by atoms with E-state index in [1.54, 1.807) is 54.5 Å². The second-order valence-electron chi connectivity index (χ2n) is 14.7. The first-order chi connectivity index (χ1) is 26.9. The first-order valence-electron chi connectivity index (χ1n) is 18.8. The van der Waals surface area contributed by atoms with Gasteiger partial charge in [0, 0.05) is 61.2 Å². The van der Waals surface area contributed by atoms with Gasteiger partial charge in [0.1, 0.15) is 10.9 Å². The Morgan fingerprint density at radius 3 is 2.48 bits per heavy atom. The van der Waals surface area contributed by atoms with Crippen molar-refractivity contribution >= 4 is 56.8 Å². The standard InChI is InChI=1S/C42H48ClN7O6/c1-48(2)19-15-38(51)46-31-12-14-33-34(24-31)45-27-50(41(33)54)26-42(55)16-20-49(21-17-42)40(53)30(22-28-8-5-4-6-9-28)10-7-18-44-39(52)29-11-13-32-35(23-29)47-37(43)25-36(32)56-3/h4-6,8-9,11-14,23-25,27,30,55H,7,10,15-22,26H2,1-3H3,(H,44,52)(H,46,51). The number of benzene rings is 3. The van der Waals surface area contributed by atoms with Crippen LogP contribution in [-0.2, 0) is 22.6 Å². The number of hydrogen-bond donors (Lipinski definition) is 3. The lowest BCUT2D eigenvalue weighted by atomic mass is 9.88. The quantitative estimate of drug-likeness (QED) is 0.0991. The maximum Gasteiger partial charge on any atom is 0.261 e. The molecule has 294 valence electrons. The average Bonchev–Trinajstić information content (AvgIpc) is 3.19. The van der Waals surface area contributed by atoms with Gasteiger partial charge in [-0.15, -0.1) is 0 Å². The molecule has 3 aromatic carbocycles. The van der Waals surface area contributed by atoms with Crippen LogP contribution in [0.3, 0.4) is 0 Å². The molecule has 1 aliphatic heterocycles. The number of aromatic nitrogens is 3. The number of nitrogens with one attached hydrogen (secondary N) is 2. The second kappa shape index (κ2) is 18.1. The molecule has 1 fully saturated rings. The van der Waals surface area contributed by atoms with E-state index in [-0.39, 0.29) is 40.9 Å². The molecule has 3 amide bonds. The highest BCUT2D eigenvalue weighted by Gasteiger charge is 2.36. The third kappa shape index (κ3) is 10.1. The van der Waals surface area contributed by atoms with Crippen molar-refractivity contribution in [1.82, 2.24) is 29.7 Å². The van der Waals surface area contributed by atoms with E-state index in [9.17, 15) is 24.3 Å². The zero-order chi connectivity index (χ0) is 39.8. The Labute approximate surface area is 330 Å². The molecule has 3 heterocycles. The molecule has 1 saturated heterocycles. The number of carbonyl (C=O) groups is 3. The van der Waals surface area contributed by atoms with Gasteiger partial charge in [-0.05, 0) is 88.2 Å². The third-order valence-corrected chi connectivity index (χ3v) is 10.5. The van der Waals surface area contributed by atoms with Crippen LogP contribution in [0.25, 0.3) is 21.8 Å². The maximum atomic E-state index is 14.0. The molecule has 2 aromatic heterocycles. The van der Waals surface area contributed by atoms with E-state index in [4.69, 9.17) is 16.3 Å². The zero-order valence-corrected chi connectivity index (χ0v) is 32.7. The van der Waals surface area contributed by atoms with Gasteiger partial charge in [0.2, 0.25) is 11.8 Å². The van der Waals surface area contributed by atoms with E-state index in [1.807, 2.05) is 49.3 Å². The van der Waals surface area contributed by atoms with Gasteiger partial charge < -0.3 is 30.3 Å². The van der Waals surface area contributed by atoms with Crippen molar-refractivity contribution in [3.63, 3.8) is 0 Å². The number of hydrogen-bond acceptors (Lipinski definition) is 9. The summed E-state index contributed by atoms with van der Waals surface area (Å²) in [4.78, 5) is 65.4. The molecule has 0 radical (unpaired) electrons. The molecule has 13 nitrogen and oxygen atoms in total. The predicted molar refractivity (Wildman–Crippen MR) is 217 cm³/mol. The summed E-state index contributed by atoms with van der Waals surface area (Å²) in [7, 11) is 5.35. The van der Waals surface area contributed by atoms with Crippen molar-refractivity contribution in [1.29, 1.82) is 0 Å². The van der Waals surface area contributed by atoms with Crippen LogP contribution in [0.2, 0.25) is 5.15 Å². The van der Waals surface area contributed by atoms with E-state index in [2.05, 4.69) is 20.6 Å². The summed E-state index contributed by atoms with van der Waals surface area (Å²) in [6, 6.07) is 21.6. The number of amides is 3. The van der Waals surface area contributed by atoms with E-state index < -0.39 is 5.60 Å². The van der Waals surface area contributed by atoms with Gasteiger partial charge in [-0.2, -0.15) is 0 Å². The molecule has 1 atom stereocenters. The molecule has 14 heteroatoms. The minimum atomic E-state index is -1.20. The maximum absolute atomic E-state index is 14.0. The molecule has 1 aliphatic rings. The normalized spacial score (nSPS) is 14.5. The van der Waals surface area contributed by atoms with Crippen molar-refractivity contribution in [3.8, 4) is 5.75 Å². The molecule has 1 unspecified atom stereocenters. The number of carbonyl (C=O) groups excluding carboxylic acids is 3. The lowest BCUT2D eigenvalue weighted by Gasteiger charge is -2.39. The number of fused-ring (bicyclic) bond motifs is 2. The molecule has 3 N–H and O–H groups in total. The minimum absolute atomic E-state index is 0.00260. The fraction of sp³-hybridized carbons (Fsp3) is 0.381. The lowest BCUT2D eigenvalue weighted by Crippen LogP contribution is -2.51. The largest absolute Gasteiger partial charge is 0.496 e. The predicted octanol–water partition coefficient (Wildman–Crippen LogP) is 4.92. The summed E-state index contributed by atoms with van der Waals surface area (Å²) in [5, 5.41) is 18.8. The lowest BCUT2D eigenvalue weighted by molar-refractivity contribution is -0.140. The van der Waals surface area contributed by atoms with Crippen LogP contribution < -0.4 is 20.9 Å². The minimum Gasteiger partial charge on any atom is -0.496 e. The topological polar surface area (TPSA) is 159 Å². The molecule has 0 bridgehead atoms. The Balaban J connectivity index is 1.05. The van der Waals surface area contributed by atoms with Gasteiger partial charge >= 0.3 is 0 Å². The van der Waals surface area contributed by atoms with Crippen molar-refractivity contribution in [2.45, 2.75) is 50.7 Å². The summed E-state index contributed by atoms with van der Waals surface area (Å²) in [5.41, 5.74) is 1.56. The summed E-state index contributed by atoms with van der Waals surface area (Å²) in [6.07, 6.45) is 4.05. The molecule has 0 saturated carbocycles. The number of pyridine rings is 1. The Morgan fingerprint density at radius 1 is 1.00 bits per heavy atom. The number of likely N-dealkylation sites (tertiary alicyclic amines) is 1. The number of anilines is 1. The summed E-state index contributed by atoms with van der Waals surface area (Å²) < 4.78 is 6.81. The van der Waals surface area contributed by atoms with Gasteiger partial charge in [0.25, 0.3) is 11.5 Å². The van der Waals surface area contributed by atoms with Gasteiger partial charge in [-0.1, -0.05) is 41.9 Å². The van der Waals surface area contributed by atoms with Crippen molar-refractivity contribution in [2.75, 3.05) is 52.7 Å². The number of piperidine rings is 1. The van der Waals surface area contributed by atoms with Gasteiger partial charge in [0.05, 0.1) is 42.0 Å². The highest BCUT2D eigenvalue weighted by atomic mass is 35.5. The summed E-state index contributed by atoms with van der Waals surface area (Å²) in [6.45, 7) is 1.72. The van der Waals surface area contributed by atoms with Crippen LogP contribution in [0.5, 0.6) is 5.75 Å². The van der Waals surface area contributed by atoms with Crippen LogP contribution >= 0.6 is 11.6 Å². The van der Waals surface area contributed by atoms with E-state index in [0.29, 0.717) is 98.1 Å². The fourth-order valence-electron chi connectivity index (χ4n) is 7.11. The van der Waals surface area contributed by atoms with Crippen LogP contribution in [0, 0.1) is 5.92 Å². The molecular formula is C42H48ClN7O6. The summed E-state index contributed by atoms with van der Waals surface area (Å²) in [5.74, 6) is -0.123. The zero-order valence-electron chi connectivity index (χ0n) is 32.0. The van der Waals surface area contributed by atoms with Crippen molar-refractivity contribution in [2.24, 2.45) is 5.92 Å². The molecule has 0 spiro atoms. The van der Waals surface area contributed by atoms with Crippen LogP contribution in [0.1, 0.15) is 48.0 Å². The van der Waals surface area contributed by atoms with Crippen molar-refractivity contribution in [3.05, 3.63) is 106 Å². The third-order valence-electron chi connectivity index (χ3n) is 10.3. The Bertz CT molecular complexity index is 2260. The second-order valence-corrected chi connectivity index (χ2v) is 15.1. The van der Waals surface area contributed by atoms with Crippen LogP contribution in [-0.4, -0.2) is 100 Å². The van der Waals surface area contributed by atoms with Gasteiger partial charge in [-0.25, -0.2) is 9.97 Å². The number of rotatable bonds is 15. The average molecular weight is 782 g/mol. The number of ether oxygens (including phenoxy) is 1. The fourth-order valence-corrected chi connectivity index (χ4v) is 7.30. The van der Waals surface area contributed by atoms with E-state index in [0.717, 1.165) is 10.9 Å². The molecule has 0 aliphatic carbocycles. The number of aliphatic hydroxyl groups is 1. The number of nitrogens with zero attached hydrogens (tertiary/aromatic N) is 5. The van der Waals surface area contributed by atoms with Crippen LogP contribution in [0.4, 0.5) is 5.69 Å². The molecular weight excluding hydrogens is 734 g/mol. The highest BCUT2D eigenvalue weighted by molar-refractivity contribution is 6.30. The summed E-state index contributed by atoms with van der Waals surface area (Å²) >= 11 is 6.14. The monoisotopic (exact) mass is 781 g/mol. The molecule has 56 heavy (non-hydrogen) atoms. The van der Waals surface area contributed by atoms with E-state index >= 15 is 0 Å². The van der Waals surface area contributed by atoms with Gasteiger partial charge in [-0.3, -0.25) is 23.7 Å². The Kier molecular flexibility index (Phi) is 13.0. The molecule has 5 aromatic rings. The Morgan fingerprint density at radius 2 is 1.75 bits per heavy atom. The Hall–Kier alpha value is -5.37. The van der Waals surface area contributed by atoms with E-state index in [1.165, 1.54) is 10.9 Å². The highest BCUT2D eigenvalue weighted by Crippen LogP contribution is 2.29.